The monoisotopic (exact) mass is 397 g/mol. The average Bonchev–Trinajstić information content (AvgIpc) is 3.29. The van der Waals surface area contributed by atoms with Gasteiger partial charge in [0.25, 0.3) is 5.91 Å². The quantitative estimate of drug-likeness (QED) is 0.749. The van der Waals surface area contributed by atoms with Gasteiger partial charge in [0.05, 0.1) is 5.57 Å². The molecule has 3 aliphatic heterocycles. The van der Waals surface area contributed by atoms with Crippen LogP contribution in [-0.4, -0.2) is 67.5 Å². The van der Waals surface area contributed by atoms with E-state index in [1.54, 1.807) is 0 Å². The van der Waals surface area contributed by atoms with E-state index in [4.69, 9.17) is 4.74 Å². The number of fused-ring (bicyclic) bond motifs is 1. The summed E-state index contributed by atoms with van der Waals surface area (Å²) in [6, 6.07) is 7.76. The van der Waals surface area contributed by atoms with E-state index in [0.29, 0.717) is 25.3 Å². The Hall–Kier alpha value is -2.34. The number of piperidine rings is 1. The molecule has 0 bridgehead atoms. The molecule has 1 N–H and O–H groups in total. The zero-order valence-electron chi connectivity index (χ0n) is 17.1. The third-order valence-electron chi connectivity index (χ3n) is 6.21. The summed E-state index contributed by atoms with van der Waals surface area (Å²) >= 11 is 0. The molecule has 29 heavy (non-hydrogen) atoms. The molecule has 1 aromatic carbocycles. The number of rotatable bonds is 6. The molecular weight excluding hydrogens is 366 g/mol. The molecule has 3 aliphatic rings. The fourth-order valence-corrected chi connectivity index (χ4v) is 4.45. The number of nitrogens with one attached hydrogen (secondary N) is 1. The molecule has 6 nitrogen and oxygen atoms in total. The zero-order chi connectivity index (χ0) is 20.1. The molecule has 0 saturated carbocycles. The van der Waals surface area contributed by atoms with Gasteiger partial charge in [-0.15, -0.1) is 0 Å². The van der Waals surface area contributed by atoms with E-state index in [1.807, 2.05) is 35.2 Å². The van der Waals surface area contributed by atoms with Gasteiger partial charge in [-0.25, -0.2) is 0 Å². The Kier molecular flexibility index (Phi) is 6.49. The molecule has 0 radical (unpaired) electrons. The molecule has 6 heteroatoms. The SMILES string of the molecule is O=C(NCCCN1CCCC1)C1CCN(C(=O)C2=Cc3ccccc3OC2)CC1. The van der Waals surface area contributed by atoms with Crippen LogP contribution < -0.4 is 10.1 Å². The first-order valence-corrected chi connectivity index (χ1v) is 10.9. The molecule has 0 spiro atoms. The smallest absolute Gasteiger partial charge is 0.253 e. The second-order valence-corrected chi connectivity index (χ2v) is 8.26. The van der Waals surface area contributed by atoms with Crippen molar-refractivity contribution in [2.45, 2.75) is 32.1 Å². The van der Waals surface area contributed by atoms with E-state index < -0.39 is 0 Å². The molecule has 0 atom stereocenters. The first kappa shape index (κ1) is 20.0. The maximum Gasteiger partial charge on any atom is 0.253 e. The van der Waals surface area contributed by atoms with E-state index in [2.05, 4.69) is 10.2 Å². The lowest BCUT2D eigenvalue weighted by Crippen LogP contribution is -2.44. The molecule has 3 heterocycles. The van der Waals surface area contributed by atoms with Gasteiger partial charge < -0.3 is 19.9 Å². The summed E-state index contributed by atoms with van der Waals surface area (Å²) in [5.41, 5.74) is 1.64. The Balaban J connectivity index is 1.20. The number of nitrogens with zero attached hydrogens (tertiary/aromatic N) is 2. The fraction of sp³-hybridized carbons (Fsp3) is 0.565. The van der Waals surface area contributed by atoms with E-state index in [0.717, 1.165) is 43.7 Å². The van der Waals surface area contributed by atoms with Crippen LogP contribution in [0.2, 0.25) is 0 Å². The number of hydrogen-bond donors (Lipinski definition) is 1. The summed E-state index contributed by atoms with van der Waals surface area (Å²) in [7, 11) is 0. The standard InChI is InChI=1S/C23H31N3O3/c27-22(24-10-5-13-25-11-3-4-12-25)18-8-14-26(15-9-18)23(28)20-16-19-6-1-2-7-21(19)29-17-20/h1-2,6-7,16,18H,3-5,8-15,17H2,(H,24,27). The van der Waals surface area contributed by atoms with Crippen molar-refractivity contribution >= 4 is 17.9 Å². The third kappa shape index (κ3) is 4.99. The number of likely N-dealkylation sites (tertiary alicyclic amines) is 2. The van der Waals surface area contributed by atoms with Gasteiger partial charge in [0, 0.05) is 31.1 Å². The number of carbonyl (C=O) groups excluding carboxylic acids is 2. The minimum Gasteiger partial charge on any atom is -0.488 e. The van der Waals surface area contributed by atoms with E-state index >= 15 is 0 Å². The van der Waals surface area contributed by atoms with E-state index in [1.165, 1.54) is 25.9 Å². The van der Waals surface area contributed by atoms with Crippen LogP contribution in [0.25, 0.3) is 6.08 Å². The van der Waals surface area contributed by atoms with Crippen molar-refractivity contribution in [2.75, 3.05) is 45.9 Å². The van der Waals surface area contributed by atoms with Crippen LogP contribution in [-0.2, 0) is 9.59 Å². The molecular formula is C23H31N3O3. The molecule has 2 saturated heterocycles. The number of para-hydroxylation sites is 1. The number of ether oxygens (including phenoxy) is 1. The average molecular weight is 398 g/mol. The topological polar surface area (TPSA) is 61.9 Å². The summed E-state index contributed by atoms with van der Waals surface area (Å²) in [5, 5.41) is 3.09. The Bertz CT molecular complexity index is 762. The lowest BCUT2D eigenvalue weighted by molar-refractivity contribution is -0.133. The predicted octanol–water partition coefficient (Wildman–Crippen LogP) is 2.30. The maximum absolute atomic E-state index is 12.8. The van der Waals surface area contributed by atoms with Gasteiger partial charge in [0.15, 0.2) is 0 Å². The molecule has 0 unspecified atom stereocenters. The van der Waals surface area contributed by atoms with Crippen LogP contribution in [0.15, 0.2) is 29.8 Å². The highest BCUT2D eigenvalue weighted by atomic mass is 16.5. The highest BCUT2D eigenvalue weighted by molar-refractivity contribution is 5.99. The molecule has 156 valence electrons. The van der Waals surface area contributed by atoms with Crippen LogP contribution >= 0.6 is 0 Å². The van der Waals surface area contributed by atoms with Crippen molar-refractivity contribution in [2.24, 2.45) is 5.92 Å². The Morgan fingerprint density at radius 3 is 2.62 bits per heavy atom. The minimum atomic E-state index is 0.0168. The minimum absolute atomic E-state index is 0.0168. The van der Waals surface area contributed by atoms with Gasteiger partial charge in [-0.2, -0.15) is 0 Å². The van der Waals surface area contributed by atoms with E-state index in [9.17, 15) is 9.59 Å². The normalized spacial score (nSPS) is 20.0. The lowest BCUT2D eigenvalue weighted by Gasteiger charge is -2.32. The number of benzene rings is 1. The summed E-state index contributed by atoms with van der Waals surface area (Å²) in [4.78, 5) is 29.6. The number of amides is 2. The van der Waals surface area contributed by atoms with Crippen molar-refractivity contribution in [3.63, 3.8) is 0 Å². The Morgan fingerprint density at radius 1 is 1.07 bits per heavy atom. The van der Waals surface area contributed by atoms with Crippen molar-refractivity contribution in [3.05, 3.63) is 35.4 Å². The van der Waals surface area contributed by atoms with Gasteiger partial charge in [-0.05, 0) is 63.9 Å². The van der Waals surface area contributed by atoms with Gasteiger partial charge in [0.1, 0.15) is 12.4 Å². The van der Waals surface area contributed by atoms with Crippen molar-refractivity contribution in [3.8, 4) is 5.75 Å². The summed E-state index contributed by atoms with van der Waals surface area (Å²) < 4.78 is 5.72. The Morgan fingerprint density at radius 2 is 1.83 bits per heavy atom. The molecule has 1 aromatic rings. The number of hydrogen-bond acceptors (Lipinski definition) is 4. The molecule has 4 rings (SSSR count). The highest BCUT2D eigenvalue weighted by Gasteiger charge is 2.29. The largest absolute Gasteiger partial charge is 0.488 e. The first-order chi connectivity index (χ1) is 14.2. The second kappa shape index (κ2) is 9.44. The molecule has 2 fully saturated rings. The Labute approximate surface area is 172 Å². The van der Waals surface area contributed by atoms with Crippen molar-refractivity contribution in [1.29, 1.82) is 0 Å². The zero-order valence-corrected chi connectivity index (χ0v) is 17.1. The second-order valence-electron chi connectivity index (χ2n) is 8.26. The maximum atomic E-state index is 12.8. The molecule has 0 aromatic heterocycles. The predicted molar refractivity (Wildman–Crippen MR) is 113 cm³/mol. The summed E-state index contributed by atoms with van der Waals surface area (Å²) in [6.45, 7) is 5.80. The van der Waals surface area contributed by atoms with Crippen molar-refractivity contribution < 1.29 is 14.3 Å². The highest BCUT2D eigenvalue weighted by Crippen LogP contribution is 2.27. The van der Waals surface area contributed by atoms with Gasteiger partial charge in [-0.3, -0.25) is 9.59 Å². The lowest BCUT2D eigenvalue weighted by atomic mass is 9.95. The first-order valence-electron chi connectivity index (χ1n) is 10.9. The van der Waals surface area contributed by atoms with Crippen LogP contribution in [0.1, 0.15) is 37.7 Å². The molecule has 2 amide bonds. The van der Waals surface area contributed by atoms with Gasteiger partial charge in [-0.1, -0.05) is 18.2 Å². The van der Waals surface area contributed by atoms with Crippen LogP contribution in [0.3, 0.4) is 0 Å². The van der Waals surface area contributed by atoms with Crippen LogP contribution in [0.5, 0.6) is 5.75 Å². The fourth-order valence-electron chi connectivity index (χ4n) is 4.45. The van der Waals surface area contributed by atoms with E-state index in [-0.39, 0.29) is 17.7 Å². The number of carbonyl (C=O) groups is 2. The van der Waals surface area contributed by atoms with Crippen LogP contribution in [0, 0.1) is 5.92 Å². The van der Waals surface area contributed by atoms with Gasteiger partial charge >= 0.3 is 0 Å². The third-order valence-corrected chi connectivity index (χ3v) is 6.21. The van der Waals surface area contributed by atoms with Crippen LogP contribution in [0.4, 0.5) is 0 Å². The van der Waals surface area contributed by atoms with Gasteiger partial charge in [0.2, 0.25) is 5.91 Å². The summed E-state index contributed by atoms with van der Waals surface area (Å²) in [6.07, 6.45) is 7.01. The summed E-state index contributed by atoms with van der Waals surface area (Å²) in [5.74, 6) is 1.02. The van der Waals surface area contributed by atoms with Crippen molar-refractivity contribution in [1.82, 2.24) is 15.1 Å². The molecule has 0 aliphatic carbocycles.